The van der Waals surface area contributed by atoms with Crippen LogP contribution in [0.2, 0.25) is 0 Å². The maximum atomic E-state index is 2.89. The van der Waals surface area contributed by atoms with Gasteiger partial charge in [-0.05, 0) is 0 Å². The summed E-state index contributed by atoms with van der Waals surface area (Å²) in [6.07, 6.45) is 0. The first-order chi connectivity index (χ1) is 1.50. The first-order valence-corrected chi connectivity index (χ1v) is 2.37. The van der Waals surface area contributed by atoms with Crippen LogP contribution in [0, 0.1) is 9.56 Å². The molecule has 0 saturated heterocycles. The Labute approximate surface area is 42.4 Å². The van der Waals surface area contributed by atoms with Crippen molar-refractivity contribution < 1.29 is 0 Å². The average Bonchev–Trinajstić information content (AvgIpc) is 1.46. The van der Waals surface area contributed by atoms with Crippen LogP contribution < -0.4 is 0 Å². The Bertz CT molecular complexity index is 50.2. The fraction of sp³-hybridized carbons (Fsp3) is 0. The van der Waals surface area contributed by atoms with Crippen LogP contribution in [0.5, 0.6) is 0 Å². The molecule has 0 amide bonds. The monoisotopic (exact) mass is 80.0 g/mol. The van der Waals surface area contributed by atoms with Crippen LogP contribution in [0.4, 0.5) is 0 Å². The predicted molar refractivity (Wildman–Crippen MR) is 22.1 cm³/mol. The van der Waals surface area contributed by atoms with Crippen LogP contribution in [0.3, 0.4) is 0 Å². The number of hydrogen-bond acceptors (Lipinski definition) is 0. The van der Waals surface area contributed by atoms with Crippen molar-refractivity contribution in [3.05, 3.63) is 0 Å². The Kier molecular flexibility index (Phi) is 2.20. The summed E-state index contributed by atoms with van der Waals surface area (Å²) in [5.41, 5.74) is 0. The zero-order valence-corrected chi connectivity index (χ0v) is 5.24. The first kappa shape index (κ1) is 4.62. The second kappa shape index (κ2) is 1.90. The van der Waals surface area contributed by atoms with Crippen LogP contribution in [-0.2, 0) is 0 Å². The highest BCUT2D eigenvalue weighted by atomic mass is 27.1. The van der Waals surface area contributed by atoms with Crippen molar-refractivity contribution in [2.75, 3.05) is 0 Å². The minimum Gasteiger partial charge on any atom is -0.211 e. The van der Waals surface area contributed by atoms with Gasteiger partial charge in [-0.15, -0.1) is 0 Å². The lowest BCUT2D eigenvalue weighted by atomic mass is 11.4. The molecule has 4 heavy (non-hydrogen) atoms. The molecule has 0 N–H and O–H groups in total. The third kappa shape index (κ3) is 2.62. The summed E-state index contributed by atoms with van der Waals surface area (Å²) in [5, 5.41) is 0. The Morgan fingerprint density at radius 1 is 1.25 bits per heavy atom. The van der Waals surface area contributed by atoms with Gasteiger partial charge in [0, 0.05) is 0 Å². The second-order valence-electron chi connectivity index (χ2n) is 0.530. The van der Waals surface area contributed by atoms with Gasteiger partial charge in [0.15, 0.2) is 0 Å². The highest BCUT2D eigenvalue weighted by Crippen LogP contribution is 1.59. The topological polar surface area (TPSA) is 0 Å². The molecule has 16 valence electrons. The van der Waals surface area contributed by atoms with Crippen LogP contribution >= 0.6 is 0 Å². The van der Waals surface area contributed by atoms with Crippen LogP contribution in [0.25, 0.3) is 0 Å². The van der Waals surface area contributed by atoms with Gasteiger partial charge >= 0.3 is 15.2 Å². The quantitative estimate of drug-likeness (QED) is 0.251. The number of rotatable bonds is 0. The van der Waals surface area contributed by atoms with Gasteiger partial charge in [0.1, 0.15) is 0 Å². The first-order valence-electron chi connectivity index (χ1n) is 0.957. The minimum atomic E-state index is 0. The Morgan fingerprint density at radius 3 is 1.50 bits per heavy atom. The van der Waals surface area contributed by atoms with Crippen molar-refractivity contribution in [2.45, 2.75) is 0 Å². The van der Waals surface area contributed by atoms with Gasteiger partial charge in [-0.3, -0.25) is 0 Å². The lowest BCUT2D eigenvalue weighted by Gasteiger charge is -1.01. The van der Waals surface area contributed by atoms with E-state index in [0.717, 1.165) is 0 Å². The smallest absolute Gasteiger partial charge is 0.211 e. The van der Waals surface area contributed by atoms with E-state index in [-0.39, 0.29) is 32.6 Å². The molecule has 0 aromatic rings. The summed E-state index contributed by atoms with van der Waals surface area (Å²) in [5.74, 6) is 0. The molecule has 0 spiro atoms. The molecule has 0 fully saturated rings. The zero-order chi connectivity index (χ0) is 2.12. The van der Waals surface area contributed by atoms with E-state index >= 15 is 0 Å². The van der Waals surface area contributed by atoms with E-state index < -0.39 is 0 Å². The molecule has 0 nitrogen and oxygen atoms in total. The highest BCUT2D eigenvalue weighted by molar-refractivity contribution is 6.66. The lowest BCUT2D eigenvalue weighted by molar-refractivity contribution is 3.31. The Balaban J connectivity index is 0.0000000900. The maximum absolute atomic E-state index is 2.89. The van der Waals surface area contributed by atoms with Crippen LogP contribution in [0.1, 0.15) is 0 Å². The summed E-state index contributed by atoms with van der Waals surface area (Å²) in [6, 6.07) is 0. The van der Waals surface area contributed by atoms with E-state index in [1.165, 1.54) is 0 Å². The van der Waals surface area contributed by atoms with Gasteiger partial charge in [0.05, 0.1) is 17.4 Å². The number of hydrogen-bond donors (Lipinski definition) is 0. The standard InChI is InChI=1S/C2.2Al.2H/c1-2;;;;. The molecule has 0 aromatic carbocycles. The van der Waals surface area contributed by atoms with Crippen molar-refractivity contribution in [2.24, 2.45) is 0 Å². The Morgan fingerprint density at radius 2 is 1.50 bits per heavy atom. The molecule has 0 atom stereocenters. The molecular formula is C2H2Al2. The molecule has 0 aliphatic carbocycles. The lowest BCUT2D eigenvalue weighted by Crippen LogP contribution is -1.39. The second-order valence-corrected chi connectivity index (χ2v) is 1.59. The van der Waals surface area contributed by atoms with E-state index in [1.54, 1.807) is 0 Å². The normalized spacial score (nSPS) is 8.00. The summed E-state index contributed by atoms with van der Waals surface area (Å²) >= 11 is 0.167. The SMILES string of the molecule is [AlH].[C]1#[C][AlH]1. The van der Waals surface area contributed by atoms with Crippen LogP contribution in [-0.4, -0.2) is 32.6 Å². The fourth-order valence-electron chi connectivity index (χ4n) is 0. The van der Waals surface area contributed by atoms with Gasteiger partial charge in [0.2, 0.25) is 0 Å². The van der Waals surface area contributed by atoms with Gasteiger partial charge in [-0.2, -0.15) is 0 Å². The fourth-order valence-corrected chi connectivity index (χ4v) is 0. The molecule has 0 aromatic heterocycles. The molecule has 1 aliphatic rings. The van der Waals surface area contributed by atoms with Gasteiger partial charge in [-0.1, -0.05) is 0 Å². The van der Waals surface area contributed by atoms with Crippen molar-refractivity contribution in [1.29, 1.82) is 0 Å². The summed E-state index contributed by atoms with van der Waals surface area (Å²) in [6.45, 7) is 0. The maximum Gasteiger partial charge on any atom is 0.449 e. The van der Waals surface area contributed by atoms with Gasteiger partial charge in [-0.25, -0.2) is 9.56 Å². The zero-order valence-electron chi connectivity index (χ0n) is 2.41. The molecule has 1 aliphatic heterocycles. The van der Waals surface area contributed by atoms with E-state index in [2.05, 4.69) is 9.56 Å². The largest absolute Gasteiger partial charge is 0.449 e. The van der Waals surface area contributed by atoms with Crippen molar-refractivity contribution >= 4 is 32.6 Å². The molecule has 2 radical (unpaired) electrons. The molecular weight excluding hydrogens is 78.0 g/mol. The van der Waals surface area contributed by atoms with Gasteiger partial charge < -0.3 is 0 Å². The van der Waals surface area contributed by atoms with E-state index in [4.69, 9.17) is 0 Å². The van der Waals surface area contributed by atoms with Crippen molar-refractivity contribution in [3.8, 4) is 9.56 Å². The molecule has 1 rings (SSSR count). The minimum absolute atomic E-state index is 0. The Hall–Kier alpha value is 0.625. The molecule has 1 heterocycles. The van der Waals surface area contributed by atoms with Crippen molar-refractivity contribution in [3.63, 3.8) is 0 Å². The van der Waals surface area contributed by atoms with Crippen molar-refractivity contribution in [1.82, 2.24) is 0 Å². The van der Waals surface area contributed by atoms with E-state index in [9.17, 15) is 0 Å². The summed E-state index contributed by atoms with van der Waals surface area (Å²) in [7, 11) is 0. The molecule has 0 saturated carbocycles. The summed E-state index contributed by atoms with van der Waals surface area (Å²) < 4.78 is 0. The average molecular weight is 80.0 g/mol. The van der Waals surface area contributed by atoms with Crippen LogP contribution in [0.15, 0.2) is 0 Å². The van der Waals surface area contributed by atoms with E-state index in [1.807, 2.05) is 0 Å². The third-order valence-electron chi connectivity index (χ3n) is 0.177. The molecule has 0 unspecified atom stereocenters. The summed E-state index contributed by atoms with van der Waals surface area (Å²) in [4.78, 5) is 5.78. The van der Waals surface area contributed by atoms with E-state index in [0.29, 0.717) is 0 Å². The van der Waals surface area contributed by atoms with Gasteiger partial charge in [0.25, 0.3) is 0 Å². The molecule has 2 heteroatoms. The molecule has 0 bridgehead atoms. The third-order valence-corrected chi connectivity index (χ3v) is 0.530. The predicted octanol–water partition coefficient (Wildman–Crippen LogP) is -1.29. The highest BCUT2D eigenvalue weighted by Gasteiger charge is 1.82.